The van der Waals surface area contributed by atoms with Crippen LogP contribution in [0.1, 0.15) is 16.7 Å². The van der Waals surface area contributed by atoms with E-state index in [0.717, 1.165) is 6.54 Å². The average Bonchev–Trinajstić information content (AvgIpc) is 2.31. The maximum absolute atomic E-state index is 3.60. The second-order valence-corrected chi connectivity index (χ2v) is 5.65. The molecule has 0 heterocycles. The predicted octanol–water partition coefficient (Wildman–Crippen LogP) is 4.70. The molecule has 0 radical (unpaired) electrons. The summed E-state index contributed by atoms with van der Waals surface area (Å²) in [4.78, 5) is 2.28. The third kappa shape index (κ3) is 3.14. The Morgan fingerprint density at radius 3 is 2.22 bits per heavy atom. The van der Waals surface area contributed by atoms with E-state index < -0.39 is 0 Å². The fraction of sp³-hybridized carbons (Fsp3) is 0.250. The topological polar surface area (TPSA) is 3.24 Å². The molecule has 18 heavy (non-hydrogen) atoms. The van der Waals surface area contributed by atoms with Crippen molar-refractivity contribution in [3.63, 3.8) is 0 Å². The van der Waals surface area contributed by atoms with E-state index in [9.17, 15) is 0 Å². The number of rotatable bonds is 3. The van der Waals surface area contributed by atoms with Gasteiger partial charge in [0.05, 0.1) is 0 Å². The lowest BCUT2D eigenvalue weighted by Crippen LogP contribution is -2.16. The van der Waals surface area contributed by atoms with Crippen LogP contribution in [0.4, 0.5) is 5.69 Å². The first kappa shape index (κ1) is 13.2. The van der Waals surface area contributed by atoms with Crippen LogP contribution in [0, 0.1) is 13.8 Å². The molecule has 0 aliphatic carbocycles. The third-order valence-corrected chi connectivity index (χ3v) is 3.79. The van der Waals surface area contributed by atoms with E-state index >= 15 is 0 Å². The number of aryl methyl sites for hydroxylation is 2. The van der Waals surface area contributed by atoms with Crippen LogP contribution >= 0.6 is 15.9 Å². The Morgan fingerprint density at radius 2 is 1.61 bits per heavy atom. The van der Waals surface area contributed by atoms with Crippen molar-refractivity contribution < 1.29 is 0 Å². The number of nitrogens with zero attached hydrogens (tertiary/aromatic N) is 1. The molecule has 0 fully saturated rings. The summed E-state index contributed by atoms with van der Waals surface area (Å²) in [5, 5.41) is 0. The van der Waals surface area contributed by atoms with Gasteiger partial charge in [0.15, 0.2) is 0 Å². The second-order valence-electron chi connectivity index (χ2n) is 4.79. The molecule has 2 heteroatoms. The molecular weight excluding hydrogens is 286 g/mol. The SMILES string of the molecule is Cc1cc(C)cc(N(C)Cc2ccccc2Br)c1. The largest absolute Gasteiger partial charge is 0.370 e. The van der Waals surface area contributed by atoms with Crippen LogP contribution in [-0.2, 0) is 6.54 Å². The van der Waals surface area contributed by atoms with E-state index in [1.54, 1.807) is 0 Å². The van der Waals surface area contributed by atoms with Crippen LogP contribution in [0.25, 0.3) is 0 Å². The summed E-state index contributed by atoms with van der Waals surface area (Å²) in [5.41, 5.74) is 5.19. The smallest absolute Gasteiger partial charge is 0.0437 e. The van der Waals surface area contributed by atoms with Gasteiger partial charge in [0.1, 0.15) is 0 Å². The van der Waals surface area contributed by atoms with E-state index in [4.69, 9.17) is 0 Å². The highest BCUT2D eigenvalue weighted by atomic mass is 79.9. The van der Waals surface area contributed by atoms with E-state index in [1.165, 1.54) is 26.9 Å². The van der Waals surface area contributed by atoms with Gasteiger partial charge in [-0.15, -0.1) is 0 Å². The van der Waals surface area contributed by atoms with Gasteiger partial charge in [-0.25, -0.2) is 0 Å². The van der Waals surface area contributed by atoms with Crippen molar-refractivity contribution in [2.24, 2.45) is 0 Å². The molecule has 0 N–H and O–H groups in total. The summed E-state index contributed by atoms with van der Waals surface area (Å²) >= 11 is 3.60. The Balaban J connectivity index is 2.22. The minimum atomic E-state index is 0.907. The Labute approximate surface area is 118 Å². The summed E-state index contributed by atoms with van der Waals surface area (Å²) in [6.07, 6.45) is 0. The summed E-state index contributed by atoms with van der Waals surface area (Å²) in [7, 11) is 2.13. The zero-order valence-electron chi connectivity index (χ0n) is 11.1. The average molecular weight is 304 g/mol. The highest BCUT2D eigenvalue weighted by molar-refractivity contribution is 9.10. The van der Waals surface area contributed by atoms with Crippen molar-refractivity contribution in [2.75, 3.05) is 11.9 Å². The Bertz CT molecular complexity index is 528. The number of anilines is 1. The quantitative estimate of drug-likeness (QED) is 0.794. The van der Waals surface area contributed by atoms with Crippen molar-refractivity contribution in [1.29, 1.82) is 0 Å². The monoisotopic (exact) mass is 303 g/mol. The van der Waals surface area contributed by atoms with Gasteiger partial charge in [0, 0.05) is 23.8 Å². The minimum Gasteiger partial charge on any atom is -0.370 e. The number of hydrogen-bond donors (Lipinski definition) is 0. The van der Waals surface area contributed by atoms with Crippen LogP contribution in [0.5, 0.6) is 0 Å². The lowest BCUT2D eigenvalue weighted by molar-refractivity contribution is 0.916. The first-order chi connectivity index (χ1) is 8.56. The van der Waals surface area contributed by atoms with Crippen LogP contribution < -0.4 is 4.90 Å². The Hall–Kier alpha value is -1.28. The number of benzene rings is 2. The van der Waals surface area contributed by atoms with Crippen LogP contribution in [0.2, 0.25) is 0 Å². The van der Waals surface area contributed by atoms with Crippen molar-refractivity contribution >= 4 is 21.6 Å². The molecule has 0 aliphatic rings. The predicted molar refractivity (Wildman–Crippen MR) is 82.2 cm³/mol. The fourth-order valence-corrected chi connectivity index (χ4v) is 2.55. The molecule has 2 aromatic carbocycles. The van der Waals surface area contributed by atoms with Crippen LogP contribution in [0.15, 0.2) is 46.9 Å². The lowest BCUT2D eigenvalue weighted by Gasteiger charge is -2.21. The van der Waals surface area contributed by atoms with Gasteiger partial charge in [-0.1, -0.05) is 40.2 Å². The highest BCUT2D eigenvalue weighted by Gasteiger charge is 2.05. The molecule has 0 unspecified atom stereocenters. The van der Waals surface area contributed by atoms with Gasteiger partial charge in [-0.3, -0.25) is 0 Å². The molecule has 94 valence electrons. The molecule has 0 spiro atoms. The first-order valence-electron chi connectivity index (χ1n) is 6.09. The normalized spacial score (nSPS) is 10.4. The fourth-order valence-electron chi connectivity index (χ4n) is 2.14. The number of hydrogen-bond acceptors (Lipinski definition) is 1. The molecule has 0 saturated heterocycles. The second kappa shape index (κ2) is 5.57. The van der Waals surface area contributed by atoms with Crippen molar-refractivity contribution in [1.82, 2.24) is 0 Å². The maximum atomic E-state index is 3.60. The third-order valence-electron chi connectivity index (χ3n) is 3.01. The molecule has 2 aromatic rings. The van der Waals surface area contributed by atoms with Gasteiger partial charge < -0.3 is 4.90 Å². The Kier molecular flexibility index (Phi) is 4.07. The van der Waals surface area contributed by atoms with Crippen molar-refractivity contribution in [3.05, 3.63) is 63.6 Å². The van der Waals surface area contributed by atoms with Gasteiger partial charge in [-0.05, 0) is 48.7 Å². The lowest BCUT2D eigenvalue weighted by atomic mass is 10.1. The van der Waals surface area contributed by atoms with Gasteiger partial charge in [0.25, 0.3) is 0 Å². The number of halogens is 1. The zero-order chi connectivity index (χ0) is 13.1. The molecule has 0 aromatic heterocycles. The van der Waals surface area contributed by atoms with E-state index in [0.29, 0.717) is 0 Å². The standard InChI is InChI=1S/C16H18BrN/c1-12-8-13(2)10-15(9-12)18(3)11-14-6-4-5-7-16(14)17/h4-10H,11H2,1-3H3. The highest BCUT2D eigenvalue weighted by Crippen LogP contribution is 2.22. The van der Waals surface area contributed by atoms with Gasteiger partial charge in [-0.2, -0.15) is 0 Å². The molecule has 0 amide bonds. The zero-order valence-corrected chi connectivity index (χ0v) is 12.7. The van der Waals surface area contributed by atoms with E-state index in [-0.39, 0.29) is 0 Å². The van der Waals surface area contributed by atoms with Gasteiger partial charge in [0.2, 0.25) is 0 Å². The summed E-state index contributed by atoms with van der Waals surface area (Å²) < 4.78 is 1.17. The molecule has 0 bridgehead atoms. The van der Waals surface area contributed by atoms with Crippen LogP contribution in [-0.4, -0.2) is 7.05 Å². The minimum absolute atomic E-state index is 0.907. The Morgan fingerprint density at radius 1 is 1.00 bits per heavy atom. The van der Waals surface area contributed by atoms with Crippen molar-refractivity contribution in [2.45, 2.75) is 20.4 Å². The van der Waals surface area contributed by atoms with Crippen molar-refractivity contribution in [3.8, 4) is 0 Å². The first-order valence-corrected chi connectivity index (χ1v) is 6.88. The molecule has 0 aliphatic heterocycles. The van der Waals surface area contributed by atoms with Gasteiger partial charge >= 0.3 is 0 Å². The molecule has 0 atom stereocenters. The molecular formula is C16H18BrN. The summed E-state index contributed by atoms with van der Waals surface area (Å²) in [5.74, 6) is 0. The maximum Gasteiger partial charge on any atom is 0.0437 e. The molecule has 2 rings (SSSR count). The molecule has 0 saturated carbocycles. The molecule has 1 nitrogen and oxygen atoms in total. The van der Waals surface area contributed by atoms with E-state index in [1.807, 2.05) is 6.07 Å². The summed E-state index contributed by atoms with van der Waals surface area (Å²) in [6, 6.07) is 15.0. The van der Waals surface area contributed by atoms with Crippen LogP contribution in [0.3, 0.4) is 0 Å². The summed E-state index contributed by atoms with van der Waals surface area (Å²) in [6.45, 7) is 5.19. The van der Waals surface area contributed by atoms with E-state index in [2.05, 4.69) is 78.1 Å².